The first kappa shape index (κ1) is 14.6. The molecule has 18 heavy (non-hydrogen) atoms. The highest BCUT2D eigenvalue weighted by molar-refractivity contribution is 5.99. The minimum atomic E-state index is -0.114. The van der Waals surface area contributed by atoms with Crippen LogP contribution in [0.1, 0.15) is 10.4 Å². The van der Waals surface area contributed by atoms with Gasteiger partial charge in [-0.15, -0.1) is 0 Å². The third kappa shape index (κ3) is 4.83. The first-order valence-electron chi connectivity index (χ1n) is 5.81. The van der Waals surface area contributed by atoms with E-state index < -0.39 is 0 Å². The Hall–Kier alpha value is -1.43. The summed E-state index contributed by atoms with van der Waals surface area (Å²) < 4.78 is 15.5. The molecule has 0 aliphatic heterocycles. The van der Waals surface area contributed by atoms with Crippen LogP contribution in [-0.4, -0.2) is 45.9 Å². The van der Waals surface area contributed by atoms with Gasteiger partial charge in [-0.05, 0) is 12.1 Å². The van der Waals surface area contributed by atoms with Crippen LogP contribution in [0.5, 0.6) is 5.75 Å². The molecule has 1 aromatic carbocycles. The van der Waals surface area contributed by atoms with Gasteiger partial charge >= 0.3 is 0 Å². The second-order valence-corrected chi connectivity index (χ2v) is 3.60. The third-order valence-electron chi connectivity index (χ3n) is 2.23. The summed E-state index contributed by atoms with van der Waals surface area (Å²) in [5, 5.41) is 0. The Labute approximate surface area is 107 Å². The number of nitrogens with two attached hydrogens (primary N) is 1. The average Bonchev–Trinajstić information content (AvgIpc) is 2.40. The Morgan fingerprint density at radius 1 is 1.22 bits per heavy atom. The summed E-state index contributed by atoms with van der Waals surface area (Å²) in [6.07, 6.45) is 0. The van der Waals surface area contributed by atoms with Gasteiger partial charge in [-0.25, -0.2) is 0 Å². The molecule has 5 nitrogen and oxygen atoms in total. The van der Waals surface area contributed by atoms with E-state index in [4.69, 9.17) is 19.9 Å². The molecule has 0 bridgehead atoms. The maximum absolute atomic E-state index is 11.9. The first-order chi connectivity index (χ1) is 8.79. The molecule has 2 N–H and O–H groups in total. The SMILES string of the molecule is COCCOc1ccccc1C(=O)COCCN. The molecule has 1 aromatic rings. The molecule has 0 unspecified atom stereocenters. The number of hydrogen-bond donors (Lipinski definition) is 1. The molecule has 100 valence electrons. The molecular formula is C13H19NO4. The molecular weight excluding hydrogens is 234 g/mol. The largest absolute Gasteiger partial charge is 0.490 e. The lowest BCUT2D eigenvalue weighted by atomic mass is 10.1. The monoisotopic (exact) mass is 253 g/mol. The summed E-state index contributed by atoms with van der Waals surface area (Å²) in [5.41, 5.74) is 5.81. The van der Waals surface area contributed by atoms with Gasteiger partial charge in [-0.2, -0.15) is 0 Å². The molecule has 5 heteroatoms. The zero-order valence-electron chi connectivity index (χ0n) is 10.6. The number of rotatable bonds is 9. The highest BCUT2D eigenvalue weighted by atomic mass is 16.5. The predicted molar refractivity (Wildman–Crippen MR) is 68.0 cm³/mol. The Balaban J connectivity index is 2.59. The van der Waals surface area contributed by atoms with Crippen LogP contribution in [0.3, 0.4) is 0 Å². The highest BCUT2D eigenvalue weighted by Crippen LogP contribution is 2.18. The van der Waals surface area contributed by atoms with Gasteiger partial charge in [-0.3, -0.25) is 4.79 Å². The number of hydrogen-bond acceptors (Lipinski definition) is 5. The minimum absolute atomic E-state index is 0.0157. The molecule has 0 saturated heterocycles. The van der Waals surface area contributed by atoms with Crippen LogP contribution in [0.4, 0.5) is 0 Å². The normalized spacial score (nSPS) is 10.3. The smallest absolute Gasteiger partial charge is 0.192 e. The summed E-state index contributed by atoms with van der Waals surface area (Å²) in [6.45, 7) is 1.68. The molecule has 1 rings (SSSR count). The highest BCUT2D eigenvalue weighted by Gasteiger charge is 2.11. The van der Waals surface area contributed by atoms with Gasteiger partial charge in [0.05, 0.1) is 18.8 Å². The van der Waals surface area contributed by atoms with Crippen LogP contribution >= 0.6 is 0 Å². The van der Waals surface area contributed by atoms with Crippen molar-refractivity contribution in [1.82, 2.24) is 0 Å². The summed E-state index contributed by atoms with van der Waals surface area (Å²) >= 11 is 0. The van der Waals surface area contributed by atoms with Crippen molar-refractivity contribution in [2.24, 2.45) is 5.73 Å². The molecule has 0 heterocycles. The van der Waals surface area contributed by atoms with E-state index >= 15 is 0 Å². The van der Waals surface area contributed by atoms with Crippen LogP contribution in [0.15, 0.2) is 24.3 Å². The number of carbonyl (C=O) groups is 1. The number of ketones is 1. The lowest BCUT2D eigenvalue weighted by molar-refractivity contribution is 0.0768. The van der Waals surface area contributed by atoms with Crippen LogP contribution in [-0.2, 0) is 9.47 Å². The van der Waals surface area contributed by atoms with Gasteiger partial charge in [0.25, 0.3) is 0 Å². The quantitative estimate of drug-likeness (QED) is 0.522. The van der Waals surface area contributed by atoms with Crippen molar-refractivity contribution in [2.45, 2.75) is 0 Å². The van der Waals surface area contributed by atoms with Gasteiger partial charge in [0.1, 0.15) is 19.0 Å². The van der Waals surface area contributed by atoms with E-state index in [1.165, 1.54) is 0 Å². The topological polar surface area (TPSA) is 70.8 Å². The van der Waals surface area contributed by atoms with Crippen molar-refractivity contribution in [3.63, 3.8) is 0 Å². The molecule has 0 aliphatic carbocycles. The molecule has 0 spiro atoms. The molecule has 0 saturated carbocycles. The molecule has 0 fully saturated rings. The summed E-state index contributed by atoms with van der Waals surface area (Å²) in [6, 6.07) is 7.08. The average molecular weight is 253 g/mol. The standard InChI is InChI=1S/C13H19NO4/c1-16-8-9-18-13-5-3-2-4-11(13)12(15)10-17-7-6-14/h2-5H,6-10,14H2,1H3. The predicted octanol–water partition coefficient (Wildman–Crippen LogP) is 0.870. The lowest BCUT2D eigenvalue weighted by Crippen LogP contribution is -2.16. The summed E-state index contributed by atoms with van der Waals surface area (Å²) in [5.74, 6) is 0.437. The van der Waals surface area contributed by atoms with Crippen LogP contribution < -0.4 is 10.5 Å². The number of methoxy groups -OCH3 is 1. The fourth-order valence-electron chi connectivity index (χ4n) is 1.38. The second-order valence-electron chi connectivity index (χ2n) is 3.60. The van der Waals surface area contributed by atoms with E-state index in [0.29, 0.717) is 37.7 Å². The van der Waals surface area contributed by atoms with Crippen LogP contribution in [0.25, 0.3) is 0 Å². The molecule has 0 aliphatic rings. The molecule has 0 amide bonds. The third-order valence-corrected chi connectivity index (χ3v) is 2.23. The van der Waals surface area contributed by atoms with Gasteiger partial charge in [-0.1, -0.05) is 12.1 Å². The Bertz CT molecular complexity index is 368. The van der Waals surface area contributed by atoms with Crippen molar-refractivity contribution in [1.29, 1.82) is 0 Å². The second kappa shape index (κ2) is 8.63. The number of ether oxygens (including phenoxy) is 3. The Morgan fingerprint density at radius 3 is 2.72 bits per heavy atom. The molecule has 0 atom stereocenters. The fourth-order valence-corrected chi connectivity index (χ4v) is 1.38. The Morgan fingerprint density at radius 2 is 2.00 bits per heavy atom. The van der Waals surface area contributed by atoms with E-state index in [0.717, 1.165) is 0 Å². The van der Waals surface area contributed by atoms with Crippen molar-refractivity contribution < 1.29 is 19.0 Å². The van der Waals surface area contributed by atoms with Gasteiger partial charge < -0.3 is 19.9 Å². The first-order valence-corrected chi connectivity index (χ1v) is 5.81. The Kier molecular flexibility index (Phi) is 7.01. The summed E-state index contributed by atoms with van der Waals surface area (Å²) in [4.78, 5) is 11.9. The van der Waals surface area contributed by atoms with E-state index in [1.807, 2.05) is 6.07 Å². The minimum Gasteiger partial charge on any atom is -0.490 e. The zero-order chi connectivity index (χ0) is 13.2. The summed E-state index contributed by atoms with van der Waals surface area (Å²) in [7, 11) is 1.60. The number of Topliss-reactive ketones (excluding diaryl/α,β-unsaturated/α-hetero) is 1. The van der Waals surface area contributed by atoms with Crippen molar-refractivity contribution >= 4 is 5.78 Å². The number of carbonyl (C=O) groups excluding carboxylic acids is 1. The fraction of sp³-hybridized carbons (Fsp3) is 0.462. The van der Waals surface area contributed by atoms with Crippen LogP contribution in [0.2, 0.25) is 0 Å². The number of para-hydroxylation sites is 1. The van der Waals surface area contributed by atoms with Crippen LogP contribution in [0, 0.1) is 0 Å². The maximum atomic E-state index is 11.9. The van der Waals surface area contributed by atoms with Crippen molar-refractivity contribution in [3.05, 3.63) is 29.8 Å². The maximum Gasteiger partial charge on any atom is 0.192 e. The molecule has 0 radical (unpaired) electrons. The van der Waals surface area contributed by atoms with E-state index in [-0.39, 0.29) is 12.4 Å². The van der Waals surface area contributed by atoms with Crippen molar-refractivity contribution in [2.75, 3.05) is 40.1 Å². The van der Waals surface area contributed by atoms with E-state index in [2.05, 4.69) is 0 Å². The van der Waals surface area contributed by atoms with Gasteiger partial charge in [0.2, 0.25) is 0 Å². The lowest BCUT2D eigenvalue weighted by Gasteiger charge is -2.10. The molecule has 0 aromatic heterocycles. The van der Waals surface area contributed by atoms with E-state index in [1.54, 1.807) is 25.3 Å². The van der Waals surface area contributed by atoms with Gasteiger partial charge in [0.15, 0.2) is 5.78 Å². The zero-order valence-corrected chi connectivity index (χ0v) is 10.6. The van der Waals surface area contributed by atoms with Gasteiger partial charge in [0, 0.05) is 13.7 Å². The number of benzene rings is 1. The van der Waals surface area contributed by atoms with Crippen molar-refractivity contribution in [3.8, 4) is 5.75 Å². The van der Waals surface area contributed by atoms with E-state index in [9.17, 15) is 4.79 Å².